The summed E-state index contributed by atoms with van der Waals surface area (Å²) >= 11 is 2.04. The van der Waals surface area contributed by atoms with Crippen molar-refractivity contribution < 1.29 is 20.4 Å². The second-order valence-corrected chi connectivity index (χ2v) is 6.23. The van der Waals surface area contributed by atoms with Crippen molar-refractivity contribution in [2.45, 2.75) is 6.17 Å². The van der Waals surface area contributed by atoms with Crippen molar-refractivity contribution in [2.24, 2.45) is 9.98 Å². The summed E-state index contributed by atoms with van der Waals surface area (Å²) in [7, 11) is 1.78. The maximum atomic E-state index is 10.1. The predicted molar refractivity (Wildman–Crippen MR) is 98.0 cm³/mol. The summed E-state index contributed by atoms with van der Waals surface area (Å²) in [6, 6.07) is 8.47. The third kappa shape index (κ3) is 2.96. The van der Waals surface area contributed by atoms with E-state index in [9.17, 15) is 20.4 Å². The molecular weight excluding hydrogens is 425 g/mol. The number of halogens is 1. The fourth-order valence-electron chi connectivity index (χ4n) is 2.37. The van der Waals surface area contributed by atoms with Gasteiger partial charge in [0.05, 0.1) is 5.56 Å². The number of phenolic OH excluding ortho intramolecular Hbond substituents is 4. The van der Waals surface area contributed by atoms with Crippen LogP contribution in [0.3, 0.4) is 0 Å². The highest BCUT2D eigenvalue weighted by atomic mass is 127. The number of phenols is 4. The first kappa shape index (κ1) is 16.4. The van der Waals surface area contributed by atoms with E-state index in [1.54, 1.807) is 18.0 Å². The molecule has 1 unspecified atom stereocenters. The molecule has 1 heterocycles. The maximum absolute atomic E-state index is 10.1. The molecule has 0 radical (unpaired) electrons. The van der Waals surface area contributed by atoms with Gasteiger partial charge in [0, 0.05) is 24.7 Å². The Balaban J connectivity index is 2.10. The quantitative estimate of drug-likeness (QED) is 0.425. The number of hydrogen-bond acceptors (Lipinski definition) is 7. The van der Waals surface area contributed by atoms with Crippen LogP contribution in [0.25, 0.3) is 0 Å². The molecule has 4 N–H and O–H groups in total. The Morgan fingerprint density at radius 1 is 0.958 bits per heavy atom. The standard InChI is InChI=1S/C16H14IN3O4/c1-20-15(11-5-3-9(22)7-13(11)24)18-14(19-16(20)17)10-4-2-8(21)6-12(10)23/h2-7,15,21-24H,1H3. The summed E-state index contributed by atoms with van der Waals surface area (Å²) in [6.45, 7) is 0. The highest BCUT2D eigenvalue weighted by Crippen LogP contribution is 2.36. The van der Waals surface area contributed by atoms with Crippen molar-refractivity contribution in [2.75, 3.05) is 7.05 Å². The Labute approximate surface area is 151 Å². The molecule has 0 saturated carbocycles. The molecule has 8 heteroatoms. The summed E-state index contributed by atoms with van der Waals surface area (Å²) in [5, 5.41) is 39.0. The van der Waals surface area contributed by atoms with Gasteiger partial charge in [0.15, 0.2) is 15.8 Å². The van der Waals surface area contributed by atoms with Gasteiger partial charge in [-0.15, -0.1) is 0 Å². The van der Waals surface area contributed by atoms with Crippen molar-refractivity contribution in [1.82, 2.24) is 4.90 Å². The van der Waals surface area contributed by atoms with Crippen LogP contribution in [0.2, 0.25) is 0 Å². The molecule has 1 aliphatic rings. The Kier molecular flexibility index (Phi) is 4.22. The average molecular weight is 439 g/mol. The van der Waals surface area contributed by atoms with Gasteiger partial charge in [0.2, 0.25) is 0 Å². The van der Waals surface area contributed by atoms with Crippen LogP contribution in [0.5, 0.6) is 23.0 Å². The Morgan fingerprint density at radius 2 is 1.58 bits per heavy atom. The molecule has 7 nitrogen and oxygen atoms in total. The van der Waals surface area contributed by atoms with Crippen LogP contribution in [0.1, 0.15) is 17.3 Å². The minimum Gasteiger partial charge on any atom is -0.508 e. The molecule has 3 rings (SSSR count). The molecule has 1 aliphatic heterocycles. The fourth-order valence-corrected chi connectivity index (χ4v) is 2.86. The smallest absolute Gasteiger partial charge is 0.171 e. The van der Waals surface area contributed by atoms with Crippen molar-refractivity contribution in [3.63, 3.8) is 0 Å². The number of nitrogens with zero attached hydrogens (tertiary/aromatic N) is 3. The summed E-state index contributed by atoms with van der Waals surface area (Å²) in [5.41, 5.74) is 0.869. The van der Waals surface area contributed by atoms with Gasteiger partial charge in [-0.1, -0.05) is 0 Å². The molecule has 2 aromatic rings. The van der Waals surface area contributed by atoms with Crippen LogP contribution in [0.15, 0.2) is 46.4 Å². The van der Waals surface area contributed by atoms with E-state index in [2.05, 4.69) is 9.98 Å². The van der Waals surface area contributed by atoms with Crippen molar-refractivity contribution >= 4 is 32.3 Å². The molecule has 0 aliphatic carbocycles. The summed E-state index contributed by atoms with van der Waals surface area (Å²) in [4.78, 5) is 10.6. The molecule has 0 saturated heterocycles. The Hall–Kier alpha value is -2.49. The Morgan fingerprint density at radius 3 is 2.21 bits per heavy atom. The lowest BCUT2D eigenvalue weighted by atomic mass is 10.1. The van der Waals surface area contributed by atoms with Gasteiger partial charge in [-0.3, -0.25) is 0 Å². The summed E-state index contributed by atoms with van der Waals surface area (Å²) in [5.74, 6) is -0.0435. The van der Waals surface area contributed by atoms with Gasteiger partial charge in [-0.25, -0.2) is 9.98 Å². The van der Waals surface area contributed by atoms with Gasteiger partial charge in [0.1, 0.15) is 23.0 Å². The van der Waals surface area contributed by atoms with Crippen LogP contribution in [-0.2, 0) is 0 Å². The Bertz CT molecular complexity index is 866. The lowest BCUT2D eigenvalue weighted by Gasteiger charge is -2.30. The van der Waals surface area contributed by atoms with Crippen molar-refractivity contribution in [3.05, 3.63) is 47.5 Å². The minimum absolute atomic E-state index is 0.0431. The lowest BCUT2D eigenvalue weighted by molar-refractivity contribution is 0.369. The first-order valence-corrected chi connectivity index (χ1v) is 8.03. The predicted octanol–water partition coefficient (Wildman–Crippen LogP) is 2.69. The molecule has 0 fully saturated rings. The maximum Gasteiger partial charge on any atom is 0.171 e. The zero-order chi connectivity index (χ0) is 17.4. The van der Waals surface area contributed by atoms with Crippen LogP contribution in [-0.4, -0.2) is 42.1 Å². The average Bonchev–Trinajstić information content (AvgIpc) is 2.50. The monoisotopic (exact) mass is 439 g/mol. The SMILES string of the molecule is CN1C(I)=NC(c2ccc(O)cc2O)=NC1c1ccc(O)cc1O. The van der Waals surface area contributed by atoms with Crippen LogP contribution in [0.4, 0.5) is 0 Å². The lowest BCUT2D eigenvalue weighted by Crippen LogP contribution is -2.31. The first-order valence-electron chi connectivity index (χ1n) is 6.96. The van der Waals surface area contributed by atoms with Crippen LogP contribution < -0.4 is 0 Å². The van der Waals surface area contributed by atoms with Gasteiger partial charge in [-0.05, 0) is 46.9 Å². The number of aromatic hydroxyl groups is 4. The topological polar surface area (TPSA) is 109 Å². The largest absolute Gasteiger partial charge is 0.508 e. The van der Waals surface area contributed by atoms with E-state index >= 15 is 0 Å². The molecule has 0 aromatic heterocycles. The number of hydrogen-bond donors (Lipinski definition) is 4. The normalized spacial score (nSPS) is 17.4. The van der Waals surface area contributed by atoms with Crippen LogP contribution in [0, 0.1) is 0 Å². The number of amidine groups is 2. The van der Waals surface area contributed by atoms with E-state index in [0.29, 0.717) is 15.0 Å². The molecule has 1 atom stereocenters. The minimum atomic E-state index is -0.571. The number of aliphatic imine (C=N–C) groups is 2. The van der Waals surface area contributed by atoms with Gasteiger partial charge in [0.25, 0.3) is 0 Å². The van der Waals surface area contributed by atoms with Crippen molar-refractivity contribution in [1.29, 1.82) is 0 Å². The van der Waals surface area contributed by atoms with Crippen LogP contribution >= 0.6 is 22.6 Å². The second-order valence-electron chi connectivity index (χ2n) is 5.26. The van der Waals surface area contributed by atoms with Gasteiger partial charge >= 0.3 is 0 Å². The number of rotatable bonds is 2. The van der Waals surface area contributed by atoms with E-state index < -0.39 is 6.17 Å². The molecule has 124 valence electrons. The summed E-state index contributed by atoms with van der Waals surface area (Å²) < 4.78 is 0.613. The van der Waals surface area contributed by atoms with E-state index in [-0.39, 0.29) is 28.8 Å². The third-order valence-corrected chi connectivity index (χ3v) is 4.62. The van der Waals surface area contributed by atoms with Gasteiger partial charge < -0.3 is 25.3 Å². The van der Waals surface area contributed by atoms with E-state index in [1.807, 2.05) is 22.6 Å². The molecule has 2 aromatic carbocycles. The molecule has 0 amide bonds. The van der Waals surface area contributed by atoms with Crippen molar-refractivity contribution in [3.8, 4) is 23.0 Å². The summed E-state index contributed by atoms with van der Waals surface area (Å²) in [6.07, 6.45) is -0.571. The highest BCUT2D eigenvalue weighted by Gasteiger charge is 2.27. The number of benzene rings is 2. The van der Waals surface area contributed by atoms with E-state index in [0.717, 1.165) is 0 Å². The van der Waals surface area contributed by atoms with Gasteiger partial charge in [-0.2, -0.15) is 0 Å². The molecule has 0 bridgehead atoms. The molecule has 24 heavy (non-hydrogen) atoms. The highest BCUT2D eigenvalue weighted by molar-refractivity contribution is 14.1. The second kappa shape index (κ2) is 6.19. The molecular formula is C16H14IN3O4. The molecule has 0 spiro atoms. The zero-order valence-corrected chi connectivity index (χ0v) is 14.7. The first-order chi connectivity index (χ1) is 11.4. The van der Waals surface area contributed by atoms with E-state index in [1.165, 1.54) is 30.3 Å². The zero-order valence-electron chi connectivity index (χ0n) is 12.5. The fraction of sp³-hybridized carbons (Fsp3) is 0.125. The third-order valence-electron chi connectivity index (χ3n) is 3.62. The van der Waals surface area contributed by atoms with E-state index in [4.69, 9.17) is 0 Å².